The summed E-state index contributed by atoms with van der Waals surface area (Å²) in [5.74, 6) is -0.0710. The predicted octanol–water partition coefficient (Wildman–Crippen LogP) is 1.98. The van der Waals surface area contributed by atoms with Crippen LogP contribution in [0.25, 0.3) is 0 Å². The molecule has 0 unspecified atom stereocenters. The van der Waals surface area contributed by atoms with Crippen LogP contribution in [0, 0.1) is 0 Å². The van der Waals surface area contributed by atoms with Crippen molar-refractivity contribution in [3.63, 3.8) is 0 Å². The summed E-state index contributed by atoms with van der Waals surface area (Å²) in [6.45, 7) is 0. The van der Waals surface area contributed by atoms with Gasteiger partial charge in [0, 0.05) is 18.6 Å². The van der Waals surface area contributed by atoms with Crippen molar-refractivity contribution in [2.75, 3.05) is 0 Å². The van der Waals surface area contributed by atoms with Crippen molar-refractivity contribution in [3.8, 4) is 0 Å². The van der Waals surface area contributed by atoms with Crippen LogP contribution in [0.3, 0.4) is 0 Å². The summed E-state index contributed by atoms with van der Waals surface area (Å²) >= 11 is 0. The summed E-state index contributed by atoms with van der Waals surface area (Å²) in [5, 5.41) is 4.36. The summed E-state index contributed by atoms with van der Waals surface area (Å²) < 4.78 is 26.2. The number of pyridine rings is 1. The molecule has 5 nitrogen and oxygen atoms in total. The van der Waals surface area contributed by atoms with E-state index in [1.807, 2.05) is 10.9 Å². The van der Waals surface area contributed by atoms with E-state index in [4.69, 9.17) is 0 Å². The van der Waals surface area contributed by atoms with Gasteiger partial charge in [0.2, 0.25) is 0 Å². The van der Waals surface area contributed by atoms with Crippen molar-refractivity contribution >= 4 is 9.84 Å². The van der Waals surface area contributed by atoms with Crippen LogP contribution in [-0.4, -0.2) is 23.2 Å². The van der Waals surface area contributed by atoms with Crippen molar-refractivity contribution in [3.05, 3.63) is 42.5 Å². The van der Waals surface area contributed by atoms with Gasteiger partial charge in [0.05, 0.1) is 22.4 Å². The smallest absolute Gasteiger partial charge is 0.185 e. The molecule has 3 rings (SSSR count). The average molecular weight is 277 g/mol. The van der Waals surface area contributed by atoms with Gasteiger partial charge in [0.25, 0.3) is 0 Å². The SMILES string of the molecule is O=S(=O)(Cc1ccn(C2CCC2)n1)c1cccnc1. The third-order valence-electron chi connectivity index (χ3n) is 3.44. The molecule has 2 aromatic heterocycles. The summed E-state index contributed by atoms with van der Waals surface area (Å²) in [5.41, 5.74) is 0.593. The van der Waals surface area contributed by atoms with Gasteiger partial charge in [-0.15, -0.1) is 0 Å². The Morgan fingerprint density at radius 1 is 1.32 bits per heavy atom. The first-order valence-electron chi connectivity index (χ1n) is 6.32. The van der Waals surface area contributed by atoms with Gasteiger partial charge in [0.1, 0.15) is 0 Å². The van der Waals surface area contributed by atoms with Crippen LogP contribution in [0.5, 0.6) is 0 Å². The zero-order chi connectivity index (χ0) is 13.3. The van der Waals surface area contributed by atoms with Gasteiger partial charge in [-0.3, -0.25) is 9.67 Å². The standard InChI is InChI=1S/C13H15N3O2S/c17-19(18,13-5-2-7-14-9-13)10-11-6-8-16(15-11)12-3-1-4-12/h2,5-9,12H,1,3-4,10H2. The fourth-order valence-electron chi connectivity index (χ4n) is 2.12. The minimum atomic E-state index is -3.35. The minimum Gasteiger partial charge on any atom is -0.269 e. The lowest BCUT2D eigenvalue weighted by Crippen LogP contribution is -2.17. The van der Waals surface area contributed by atoms with Crippen LogP contribution >= 0.6 is 0 Å². The van der Waals surface area contributed by atoms with E-state index in [0.717, 1.165) is 12.8 Å². The summed E-state index contributed by atoms with van der Waals surface area (Å²) in [7, 11) is -3.35. The van der Waals surface area contributed by atoms with E-state index in [1.54, 1.807) is 24.4 Å². The van der Waals surface area contributed by atoms with Crippen molar-refractivity contribution in [1.82, 2.24) is 14.8 Å². The second-order valence-corrected chi connectivity index (χ2v) is 6.81. The van der Waals surface area contributed by atoms with Crippen LogP contribution in [-0.2, 0) is 15.6 Å². The molecule has 0 bridgehead atoms. The molecular weight excluding hydrogens is 262 g/mol. The maximum absolute atomic E-state index is 12.2. The molecule has 100 valence electrons. The normalized spacial score (nSPS) is 16.2. The zero-order valence-electron chi connectivity index (χ0n) is 10.4. The second-order valence-electron chi connectivity index (χ2n) is 4.82. The Kier molecular flexibility index (Phi) is 3.10. The number of rotatable bonds is 4. The topological polar surface area (TPSA) is 64.8 Å². The van der Waals surface area contributed by atoms with E-state index in [2.05, 4.69) is 10.1 Å². The monoisotopic (exact) mass is 277 g/mol. The number of sulfone groups is 1. The molecule has 19 heavy (non-hydrogen) atoms. The van der Waals surface area contributed by atoms with E-state index in [9.17, 15) is 8.42 Å². The third kappa shape index (κ3) is 2.53. The minimum absolute atomic E-state index is 0.0710. The number of hydrogen-bond acceptors (Lipinski definition) is 4. The zero-order valence-corrected chi connectivity index (χ0v) is 11.3. The highest BCUT2D eigenvalue weighted by Crippen LogP contribution is 2.30. The molecule has 0 amide bonds. The fourth-order valence-corrected chi connectivity index (χ4v) is 3.34. The largest absolute Gasteiger partial charge is 0.269 e. The Bertz CT molecular complexity index is 660. The Balaban J connectivity index is 1.79. The molecule has 1 saturated carbocycles. The Hall–Kier alpha value is -1.69. The lowest BCUT2D eigenvalue weighted by Gasteiger charge is -2.25. The molecule has 0 saturated heterocycles. The first-order chi connectivity index (χ1) is 9.15. The Labute approximate surface area is 112 Å². The van der Waals surface area contributed by atoms with Gasteiger partial charge in [-0.1, -0.05) is 0 Å². The second kappa shape index (κ2) is 4.77. The highest BCUT2D eigenvalue weighted by Gasteiger charge is 2.22. The van der Waals surface area contributed by atoms with Crippen LogP contribution in [0.2, 0.25) is 0 Å². The van der Waals surface area contributed by atoms with Crippen molar-refractivity contribution < 1.29 is 8.42 Å². The van der Waals surface area contributed by atoms with E-state index in [1.165, 1.54) is 12.6 Å². The summed E-state index contributed by atoms with van der Waals surface area (Å²) in [6, 6.07) is 5.42. The van der Waals surface area contributed by atoms with E-state index < -0.39 is 9.84 Å². The quantitative estimate of drug-likeness (QED) is 0.857. The van der Waals surface area contributed by atoms with Gasteiger partial charge >= 0.3 is 0 Å². The van der Waals surface area contributed by atoms with Gasteiger partial charge in [-0.25, -0.2) is 8.42 Å². The maximum Gasteiger partial charge on any atom is 0.185 e. The predicted molar refractivity (Wildman–Crippen MR) is 70.2 cm³/mol. The Morgan fingerprint density at radius 3 is 2.79 bits per heavy atom. The van der Waals surface area contributed by atoms with Crippen molar-refractivity contribution in [1.29, 1.82) is 0 Å². The molecule has 0 radical (unpaired) electrons. The van der Waals surface area contributed by atoms with E-state index in [0.29, 0.717) is 11.7 Å². The molecule has 1 aliphatic carbocycles. The van der Waals surface area contributed by atoms with E-state index >= 15 is 0 Å². The van der Waals surface area contributed by atoms with Crippen LogP contribution in [0.1, 0.15) is 31.0 Å². The van der Waals surface area contributed by atoms with Crippen LogP contribution in [0.4, 0.5) is 0 Å². The van der Waals surface area contributed by atoms with Crippen molar-refractivity contribution in [2.45, 2.75) is 36.0 Å². The van der Waals surface area contributed by atoms with Crippen LogP contribution in [0.15, 0.2) is 41.7 Å². The summed E-state index contributed by atoms with van der Waals surface area (Å²) in [6.07, 6.45) is 8.31. The van der Waals surface area contributed by atoms with Gasteiger partial charge < -0.3 is 0 Å². The van der Waals surface area contributed by atoms with E-state index in [-0.39, 0.29) is 10.6 Å². The molecule has 2 aromatic rings. The third-order valence-corrected chi connectivity index (χ3v) is 5.08. The summed E-state index contributed by atoms with van der Waals surface area (Å²) in [4.78, 5) is 4.09. The number of aromatic nitrogens is 3. The molecule has 0 aromatic carbocycles. The number of hydrogen-bond donors (Lipinski definition) is 0. The average Bonchev–Trinajstić information content (AvgIpc) is 2.75. The first kappa shape index (κ1) is 12.3. The molecule has 0 atom stereocenters. The maximum atomic E-state index is 12.2. The molecule has 0 N–H and O–H groups in total. The molecule has 0 aliphatic heterocycles. The molecule has 1 fully saturated rings. The highest BCUT2D eigenvalue weighted by molar-refractivity contribution is 7.90. The molecule has 0 spiro atoms. The fraction of sp³-hybridized carbons (Fsp3) is 0.385. The molecule has 2 heterocycles. The number of nitrogens with zero attached hydrogens (tertiary/aromatic N) is 3. The van der Waals surface area contributed by atoms with Gasteiger partial charge in [-0.05, 0) is 37.5 Å². The first-order valence-corrected chi connectivity index (χ1v) is 7.97. The van der Waals surface area contributed by atoms with Crippen LogP contribution < -0.4 is 0 Å². The molecular formula is C13H15N3O2S. The van der Waals surface area contributed by atoms with Gasteiger partial charge in [0.15, 0.2) is 9.84 Å². The molecule has 1 aliphatic rings. The molecule has 6 heteroatoms. The van der Waals surface area contributed by atoms with Crippen molar-refractivity contribution in [2.24, 2.45) is 0 Å². The lowest BCUT2D eigenvalue weighted by molar-refractivity contribution is 0.288. The highest BCUT2D eigenvalue weighted by atomic mass is 32.2. The van der Waals surface area contributed by atoms with Gasteiger partial charge in [-0.2, -0.15) is 5.10 Å². The Morgan fingerprint density at radius 2 is 2.16 bits per heavy atom. The lowest BCUT2D eigenvalue weighted by atomic mass is 9.93.